The average Bonchev–Trinajstić information content (AvgIpc) is 2.20. The molecule has 0 aromatic carbocycles. The second-order valence-corrected chi connectivity index (χ2v) is 3.58. The van der Waals surface area contributed by atoms with Crippen LogP contribution in [-0.2, 0) is 4.74 Å². The van der Waals surface area contributed by atoms with Gasteiger partial charge in [0.05, 0.1) is 19.8 Å². The normalized spacial score (nSPS) is 12.0. The topological polar surface area (TPSA) is 49.7 Å². The van der Waals surface area contributed by atoms with E-state index in [1.807, 2.05) is 6.92 Å². The number of hydrogen-bond acceptors (Lipinski definition) is 3. The van der Waals surface area contributed by atoms with Crippen molar-refractivity contribution in [3.63, 3.8) is 0 Å². The lowest BCUT2D eigenvalue weighted by Crippen LogP contribution is -2.34. The summed E-state index contributed by atoms with van der Waals surface area (Å²) < 4.78 is 5.39. The van der Waals surface area contributed by atoms with Gasteiger partial charge in [0.2, 0.25) is 0 Å². The minimum absolute atomic E-state index is 0.00781. The van der Waals surface area contributed by atoms with Crippen LogP contribution in [0.1, 0.15) is 33.1 Å². The molecule has 0 aliphatic rings. The highest BCUT2D eigenvalue weighted by atomic mass is 16.5. The summed E-state index contributed by atoms with van der Waals surface area (Å²) in [5.41, 5.74) is -0.437. The standard InChI is InChI=1S/C10H22O3/c1-3-5-6-13-9-10(4-2,7-11)8-12/h11-12H,3-9H2,1-2H3. The van der Waals surface area contributed by atoms with Gasteiger partial charge in [-0.2, -0.15) is 0 Å². The highest BCUT2D eigenvalue weighted by molar-refractivity contribution is 4.75. The number of aliphatic hydroxyl groups excluding tert-OH is 2. The Kier molecular flexibility index (Phi) is 7.23. The van der Waals surface area contributed by atoms with E-state index in [1.54, 1.807) is 0 Å². The molecule has 0 aliphatic carbocycles. The fourth-order valence-corrected chi connectivity index (χ4v) is 1.00. The number of aliphatic hydroxyl groups is 2. The van der Waals surface area contributed by atoms with Gasteiger partial charge in [-0.05, 0) is 12.8 Å². The molecule has 0 rings (SSSR count). The molecule has 0 saturated carbocycles. The maximum absolute atomic E-state index is 9.09. The van der Waals surface area contributed by atoms with Gasteiger partial charge in [-0.25, -0.2) is 0 Å². The summed E-state index contributed by atoms with van der Waals surface area (Å²) in [7, 11) is 0. The summed E-state index contributed by atoms with van der Waals surface area (Å²) in [6.45, 7) is 5.22. The lowest BCUT2D eigenvalue weighted by molar-refractivity contribution is -0.0303. The summed E-state index contributed by atoms with van der Waals surface area (Å²) in [6.07, 6.45) is 2.89. The second kappa shape index (κ2) is 7.30. The molecule has 0 fully saturated rings. The van der Waals surface area contributed by atoms with Crippen LogP contribution in [0.3, 0.4) is 0 Å². The lowest BCUT2D eigenvalue weighted by Gasteiger charge is -2.27. The molecule has 3 nitrogen and oxygen atoms in total. The Hall–Kier alpha value is -0.120. The molecule has 0 radical (unpaired) electrons. The summed E-state index contributed by atoms with van der Waals surface area (Å²) in [5.74, 6) is 0. The van der Waals surface area contributed by atoms with Crippen LogP contribution in [0.15, 0.2) is 0 Å². The van der Waals surface area contributed by atoms with Gasteiger partial charge in [0, 0.05) is 12.0 Å². The molecule has 0 aliphatic heterocycles. The highest BCUT2D eigenvalue weighted by Crippen LogP contribution is 2.20. The fourth-order valence-electron chi connectivity index (χ4n) is 1.00. The van der Waals surface area contributed by atoms with Crippen LogP contribution in [0.2, 0.25) is 0 Å². The van der Waals surface area contributed by atoms with Gasteiger partial charge >= 0.3 is 0 Å². The zero-order chi connectivity index (χ0) is 10.2. The Labute approximate surface area is 80.7 Å². The van der Waals surface area contributed by atoms with E-state index in [-0.39, 0.29) is 13.2 Å². The molecule has 0 amide bonds. The van der Waals surface area contributed by atoms with Gasteiger partial charge in [-0.1, -0.05) is 20.3 Å². The van der Waals surface area contributed by atoms with Crippen LogP contribution in [-0.4, -0.2) is 36.6 Å². The van der Waals surface area contributed by atoms with Crippen LogP contribution < -0.4 is 0 Å². The average molecular weight is 190 g/mol. The van der Waals surface area contributed by atoms with Crippen molar-refractivity contribution in [2.45, 2.75) is 33.1 Å². The first kappa shape index (κ1) is 12.9. The summed E-state index contributed by atoms with van der Waals surface area (Å²) >= 11 is 0. The van der Waals surface area contributed by atoms with Gasteiger partial charge < -0.3 is 14.9 Å². The molecule has 13 heavy (non-hydrogen) atoms. The zero-order valence-corrected chi connectivity index (χ0v) is 8.75. The predicted molar refractivity (Wildman–Crippen MR) is 52.6 cm³/mol. The van der Waals surface area contributed by atoms with Gasteiger partial charge in [0.15, 0.2) is 0 Å². The van der Waals surface area contributed by atoms with E-state index in [9.17, 15) is 0 Å². The van der Waals surface area contributed by atoms with E-state index >= 15 is 0 Å². The van der Waals surface area contributed by atoms with E-state index in [1.165, 1.54) is 0 Å². The Morgan fingerprint density at radius 3 is 2.15 bits per heavy atom. The number of hydrogen-bond donors (Lipinski definition) is 2. The van der Waals surface area contributed by atoms with Gasteiger partial charge in [0.1, 0.15) is 0 Å². The van der Waals surface area contributed by atoms with Gasteiger partial charge in [0.25, 0.3) is 0 Å². The van der Waals surface area contributed by atoms with Crippen molar-refractivity contribution < 1.29 is 14.9 Å². The molecule has 0 atom stereocenters. The maximum Gasteiger partial charge on any atom is 0.0566 e. The van der Waals surface area contributed by atoms with Crippen molar-refractivity contribution in [1.29, 1.82) is 0 Å². The van der Waals surface area contributed by atoms with Crippen molar-refractivity contribution in [1.82, 2.24) is 0 Å². The molecule has 2 N–H and O–H groups in total. The first-order valence-corrected chi connectivity index (χ1v) is 5.04. The van der Waals surface area contributed by atoms with Crippen LogP contribution in [0.25, 0.3) is 0 Å². The SMILES string of the molecule is CCCCOCC(CC)(CO)CO. The number of ether oxygens (including phenoxy) is 1. The predicted octanol–water partition coefficient (Wildman–Crippen LogP) is 1.18. The minimum atomic E-state index is -0.437. The lowest BCUT2D eigenvalue weighted by atomic mass is 9.88. The van der Waals surface area contributed by atoms with Gasteiger partial charge in [-0.3, -0.25) is 0 Å². The Bertz CT molecular complexity index is 102. The molecule has 0 heterocycles. The molecular weight excluding hydrogens is 168 g/mol. The van der Waals surface area contributed by atoms with Crippen LogP contribution in [0.5, 0.6) is 0 Å². The van der Waals surface area contributed by atoms with Gasteiger partial charge in [-0.15, -0.1) is 0 Å². The Morgan fingerprint density at radius 2 is 1.77 bits per heavy atom. The Balaban J connectivity index is 3.68. The molecular formula is C10H22O3. The summed E-state index contributed by atoms with van der Waals surface area (Å²) in [4.78, 5) is 0. The largest absolute Gasteiger partial charge is 0.396 e. The third-order valence-electron chi connectivity index (χ3n) is 2.47. The quantitative estimate of drug-likeness (QED) is 0.565. The number of unbranched alkanes of at least 4 members (excludes halogenated alkanes) is 1. The molecule has 0 spiro atoms. The molecule has 3 heteroatoms. The third kappa shape index (κ3) is 4.60. The molecule has 0 aromatic rings. The van der Waals surface area contributed by atoms with E-state index < -0.39 is 5.41 Å². The fraction of sp³-hybridized carbons (Fsp3) is 1.00. The summed E-state index contributed by atoms with van der Waals surface area (Å²) in [5, 5.41) is 18.2. The molecule has 0 bridgehead atoms. The molecule has 0 unspecified atom stereocenters. The second-order valence-electron chi connectivity index (χ2n) is 3.58. The highest BCUT2D eigenvalue weighted by Gasteiger charge is 2.26. The third-order valence-corrected chi connectivity index (χ3v) is 2.47. The van der Waals surface area contributed by atoms with E-state index in [0.717, 1.165) is 25.9 Å². The smallest absolute Gasteiger partial charge is 0.0566 e. The summed E-state index contributed by atoms with van der Waals surface area (Å²) in [6, 6.07) is 0. The first-order valence-electron chi connectivity index (χ1n) is 5.04. The number of rotatable bonds is 8. The van der Waals surface area contributed by atoms with Crippen molar-refractivity contribution in [2.24, 2.45) is 5.41 Å². The first-order chi connectivity index (χ1) is 6.24. The maximum atomic E-state index is 9.09. The van der Waals surface area contributed by atoms with E-state index in [0.29, 0.717) is 6.61 Å². The van der Waals surface area contributed by atoms with Crippen LogP contribution in [0.4, 0.5) is 0 Å². The van der Waals surface area contributed by atoms with Crippen molar-refractivity contribution >= 4 is 0 Å². The van der Waals surface area contributed by atoms with E-state index in [2.05, 4.69) is 6.92 Å². The van der Waals surface area contributed by atoms with Crippen LogP contribution >= 0.6 is 0 Å². The van der Waals surface area contributed by atoms with Crippen molar-refractivity contribution in [3.8, 4) is 0 Å². The minimum Gasteiger partial charge on any atom is -0.396 e. The molecule has 0 saturated heterocycles. The Morgan fingerprint density at radius 1 is 1.15 bits per heavy atom. The molecule has 0 aromatic heterocycles. The van der Waals surface area contributed by atoms with Crippen molar-refractivity contribution in [2.75, 3.05) is 26.4 Å². The van der Waals surface area contributed by atoms with Crippen molar-refractivity contribution in [3.05, 3.63) is 0 Å². The van der Waals surface area contributed by atoms with E-state index in [4.69, 9.17) is 14.9 Å². The monoisotopic (exact) mass is 190 g/mol. The molecule has 80 valence electrons. The zero-order valence-electron chi connectivity index (χ0n) is 8.75. The van der Waals surface area contributed by atoms with Crippen LogP contribution in [0, 0.1) is 5.41 Å².